The van der Waals surface area contributed by atoms with Gasteiger partial charge in [0.05, 0.1) is 6.33 Å². The Morgan fingerprint density at radius 2 is 2.00 bits per heavy atom. The van der Waals surface area contributed by atoms with E-state index in [2.05, 4.69) is 35.3 Å². The third-order valence-electron chi connectivity index (χ3n) is 2.37. The topological polar surface area (TPSA) is 21.1 Å². The summed E-state index contributed by atoms with van der Waals surface area (Å²) < 4.78 is 2.12. The lowest BCUT2D eigenvalue weighted by Crippen LogP contribution is -2.27. The van der Waals surface area contributed by atoms with Crippen molar-refractivity contribution in [2.24, 2.45) is 0 Å². The van der Waals surface area contributed by atoms with Gasteiger partial charge in [-0.05, 0) is 33.9 Å². The second kappa shape index (κ2) is 8.48. The van der Waals surface area contributed by atoms with Crippen LogP contribution in [0, 0.1) is 0 Å². The van der Waals surface area contributed by atoms with E-state index >= 15 is 0 Å². The fourth-order valence-electron chi connectivity index (χ4n) is 1.18. The van der Waals surface area contributed by atoms with E-state index in [9.17, 15) is 0 Å². The maximum Gasteiger partial charge on any atom is 0.0945 e. The van der Waals surface area contributed by atoms with Crippen LogP contribution in [0.2, 0.25) is 0 Å². The van der Waals surface area contributed by atoms with Crippen molar-refractivity contribution < 1.29 is 0 Å². The number of aryl methyl sites for hydroxylation is 1. The fraction of sp³-hybridized carbons (Fsp3) is 0.750. The molecule has 88 valence electrons. The molecule has 0 aliphatic heterocycles. The molecule has 0 amide bonds. The van der Waals surface area contributed by atoms with Crippen molar-refractivity contribution in [3.8, 4) is 0 Å². The Bertz CT molecular complexity index is 217. The lowest BCUT2D eigenvalue weighted by Gasteiger charge is -2.20. The zero-order chi connectivity index (χ0) is 11.7. The summed E-state index contributed by atoms with van der Waals surface area (Å²) in [7, 11) is 2.17. The third kappa shape index (κ3) is 6.28. The van der Waals surface area contributed by atoms with E-state index in [1.54, 1.807) is 0 Å². The van der Waals surface area contributed by atoms with E-state index in [0.717, 1.165) is 13.1 Å². The molecular weight excluding hydrogens is 186 g/mol. The number of hydrogen-bond acceptors (Lipinski definition) is 2. The quantitative estimate of drug-likeness (QED) is 0.746. The van der Waals surface area contributed by atoms with Gasteiger partial charge in [-0.3, -0.25) is 0 Å². The van der Waals surface area contributed by atoms with Crippen LogP contribution in [-0.2, 0) is 6.54 Å². The largest absolute Gasteiger partial charge is 0.337 e. The van der Waals surface area contributed by atoms with Crippen molar-refractivity contribution in [2.75, 3.05) is 13.6 Å². The molecule has 0 aliphatic carbocycles. The molecule has 0 bridgehead atoms. The average Bonchev–Trinajstić information content (AvgIpc) is 2.73. The summed E-state index contributed by atoms with van der Waals surface area (Å²) in [5.41, 5.74) is 0. The van der Waals surface area contributed by atoms with Crippen LogP contribution in [0.5, 0.6) is 0 Å². The molecule has 0 unspecified atom stereocenters. The van der Waals surface area contributed by atoms with Gasteiger partial charge < -0.3 is 9.47 Å². The molecule has 0 N–H and O–H groups in total. The Labute approximate surface area is 94.1 Å². The normalized spacial score (nSPS) is 10.3. The van der Waals surface area contributed by atoms with Gasteiger partial charge in [-0.25, -0.2) is 4.98 Å². The van der Waals surface area contributed by atoms with Crippen LogP contribution in [-0.4, -0.2) is 34.1 Å². The average molecular weight is 211 g/mol. The Balaban J connectivity index is 0.000000921. The summed E-state index contributed by atoms with van der Waals surface area (Å²) in [6.07, 6.45) is 6.89. The van der Waals surface area contributed by atoms with Crippen LogP contribution in [0.25, 0.3) is 0 Å². The number of rotatable bonds is 5. The molecule has 0 saturated carbocycles. The number of aromatic nitrogens is 2. The molecule has 0 radical (unpaired) electrons. The Hall–Kier alpha value is -0.830. The fourth-order valence-corrected chi connectivity index (χ4v) is 1.18. The van der Waals surface area contributed by atoms with Gasteiger partial charge in [0.15, 0.2) is 0 Å². The van der Waals surface area contributed by atoms with Crippen LogP contribution < -0.4 is 0 Å². The molecule has 1 rings (SSSR count). The van der Waals surface area contributed by atoms with Crippen LogP contribution in [0.15, 0.2) is 18.7 Å². The lowest BCUT2D eigenvalue weighted by molar-refractivity contribution is 0.265. The highest BCUT2D eigenvalue weighted by Gasteiger charge is 2.01. The summed E-state index contributed by atoms with van der Waals surface area (Å²) in [6.45, 7) is 10.7. The highest BCUT2D eigenvalue weighted by Crippen LogP contribution is 1.97. The Morgan fingerprint density at radius 3 is 2.47 bits per heavy atom. The van der Waals surface area contributed by atoms with Gasteiger partial charge in [0, 0.05) is 25.0 Å². The molecular formula is C12H25N3. The first kappa shape index (κ1) is 14.2. The first-order chi connectivity index (χ1) is 7.20. The van der Waals surface area contributed by atoms with Gasteiger partial charge in [0.1, 0.15) is 0 Å². The molecule has 1 aromatic rings. The molecule has 0 saturated heterocycles. The molecule has 1 aromatic heterocycles. The van der Waals surface area contributed by atoms with E-state index in [1.807, 2.05) is 32.6 Å². The molecule has 15 heavy (non-hydrogen) atoms. The highest BCUT2D eigenvalue weighted by molar-refractivity contribution is 4.73. The van der Waals surface area contributed by atoms with Crippen molar-refractivity contribution in [1.82, 2.24) is 14.5 Å². The Morgan fingerprint density at radius 1 is 1.33 bits per heavy atom. The number of hydrogen-bond donors (Lipinski definition) is 0. The van der Waals surface area contributed by atoms with E-state index in [-0.39, 0.29) is 0 Å². The zero-order valence-electron chi connectivity index (χ0n) is 10.8. The molecule has 3 nitrogen and oxygen atoms in total. The van der Waals surface area contributed by atoms with Gasteiger partial charge >= 0.3 is 0 Å². The zero-order valence-corrected chi connectivity index (χ0v) is 10.8. The second-order valence-corrected chi connectivity index (χ2v) is 3.73. The van der Waals surface area contributed by atoms with Crippen LogP contribution >= 0.6 is 0 Å². The summed E-state index contributed by atoms with van der Waals surface area (Å²) in [6, 6.07) is 0.641. The van der Waals surface area contributed by atoms with E-state index in [0.29, 0.717) is 6.04 Å². The first-order valence-electron chi connectivity index (χ1n) is 5.86. The minimum absolute atomic E-state index is 0.641. The van der Waals surface area contributed by atoms with Gasteiger partial charge in [0.25, 0.3) is 0 Å². The Kier molecular flexibility index (Phi) is 8.01. The molecule has 0 aliphatic rings. The predicted octanol–water partition coefficient (Wildman–Crippen LogP) is 2.64. The smallest absolute Gasteiger partial charge is 0.0945 e. The van der Waals surface area contributed by atoms with Crippen molar-refractivity contribution >= 4 is 0 Å². The highest BCUT2D eigenvalue weighted by atomic mass is 15.1. The van der Waals surface area contributed by atoms with Gasteiger partial charge in [-0.15, -0.1) is 0 Å². The van der Waals surface area contributed by atoms with Gasteiger partial charge in [-0.2, -0.15) is 0 Å². The molecule has 0 aromatic carbocycles. The van der Waals surface area contributed by atoms with E-state index in [4.69, 9.17) is 0 Å². The molecule has 0 spiro atoms. The van der Waals surface area contributed by atoms with E-state index < -0.39 is 0 Å². The summed E-state index contributed by atoms with van der Waals surface area (Å²) in [5, 5.41) is 0. The van der Waals surface area contributed by atoms with E-state index in [1.165, 1.54) is 6.42 Å². The maximum atomic E-state index is 4.00. The van der Waals surface area contributed by atoms with Crippen LogP contribution in [0.1, 0.15) is 34.1 Å². The second-order valence-electron chi connectivity index (χ2n) is 3.73. The lowest BCUT2D eigenvalue weighted by atomic mass is 10.3. The van der Waals surface area contributed by atoms with Crippen molar-refractivity contribution in [3.05, 3.63) is 18.7 Å². The predicted molar refractivity (Wildman–Crippen MR) is 66.0 cm³/mol. The standard InChI is InChI=1S/C10H19N3.C2H6/c1-10(2)12(3)6-4-7-13-8-5-11-9-13;1-2/h5,8-10H,4,6-7H2,1-3H3;1-2H3. The summed E-state index contributed by atoms with van der Waals surface area (Å²) in [5.74, 6) is 0. The van der Waals surface area contributed by atoms with Crippen molar-refractivity contribution in [2.45, 2.75) is 46.7 Å². The van der Waals surface area contributed by atoms with Gasteiger partial charge in [-0.1, -0.05) is 13.8 Å². The monoisotopic (exact) mass is 211 g/mol. The first-order valence-corrected chi connectivity index (χ1v) is 5.86. The number of imidazole rings is 1. The van der Waals surface area contributed by atoms with Gasteiger partial charge in [0.2, 0.25) is 0 Å². The summed E-state index contributed by atoms with van der Waals surface area (Å²) in [4.78, 5) is 6.36. The molecule has 3 heteroatoms. The molecule has 0 fully saturated rings. The molecule has 0 atom stereocenters. The SMILES string of the molecule is CC.CC(C)N(C)CCCn1ccnc1. The molecule has 1 heterocycles. The maximum absolute atomic E-state index is 4.00. The van der Waals surface area contributed by atoms with Crippen molar-refractivity contribution in [1.29, 1.82) is 0 Å². The third-order valence-corrected chi connectivity index (χ3v) is 2.37. The van der Waals surface area contributed by atoms with Crippen LogP contribution in [0.3, 0.4) is 0 Å². The summed E-state index contributed by atoms with van der Waals surface area (Å²) >= 11 is 0. The number of nitrogens with zero attached hydrogens (tertiary/aromatic N) is 3. The van der Waals surface area contributed by atoms with Crippen molar-refractivity contribution in [3.63, 3.8) is 0 Å². The van der Waals surface area contributed by atoms with Crippen LogP contribution in [0.4, 0.5) is 0 Å². The minimum Gasteiger partial charge on any atom is -0.337 e. The minimum atomic E-state index is 0.641.